The van der Waals surface area contributed by atoms with E-state index in [0.29, 0.717) is 5.82 Å². The largest absolute Gasteiger partial charge is 0.385 e. The number of aryl methyl sites for hydroxylation is 2. The Hall–Kier alpha value is -3.00. The zero-order valence-corrected chi connectivity index (χ0v) is 14.3. The third-order valence-corrected chi connectivity index (χ3v) is 4.31. The summed E-state index contributed by atoms with van der Waals surface area (Å²) in [6.45, 7) is 4.45. The molecule has 0 saturated carbocycles. The van der Waals surface area contributed by atoms with Crippen molar-refractivity contribution in [2.75, 3.05) is 0 Å². The second-order valence-corrected chi connectivity index (χ2v) is 5.90. The predicted octanol–water partition coefficient (Wildman–Crippen LogP) is 2.09. The van der Waals surface area contributed by atoms with Gasteiger partial charge in [0.05, 0.1) is 11.0 Å². The SMILES string of the molecule is CCn1ncnc1-c1nccn1-c1ccc2c(c1)nc(C(C)O)n2C. The summed E-state index contributed by atoms with van der Waals surface area (Å²) in [6.07, 6.45) is 4.56. The molecule has 128 valence electrons. The molecule has 1 N–H and O–H groups in total. The minimum atomic E-state index is -0.618. The van der Waals surface area contributed by atoms with E-state index in [4.69, 9.17) is 0 Å². The number of fused-ring (bicyclic) bond motifs is 1. The number of aromatic nitrogens is 7. The van der Waals surface area contributed by atoms with Gasteiger partial charge in [-0.15, -0.1) is 0 Å². The lowest BCUT2D eigenvalue weighted by Gasteiger charge is -2.08. The maximum atomic E-state index is 9.87. The fourth-order valence-corrected chi connectivity index (χ4v) is 3.08. The van der Waals surface area contributed by atoms with Crippen LogP contribution in [0.25, 0.3) is 28.4 Å². The molecule has 0 spiro atoms. The first-order valence-electron chi connectivity index (χ1n) is 8.16. The van der Waals surface area contributed by atoms with Crippen LogP contribution in [0.1, 0.15) is 25.8 Å². The number of rotatable bonds is 4. The number of imidazole rings is 2. The van der Waals surface area contributed by atoms with Crippen molar-refractivity contribution in [2.45, 2.75) is 26.5 Å². The highest BCUT2D eigenvalue weighted by Gasteiger charge is 2.16. The zero-order valence-electron chi connectivity index (χ0n) is 14.3. The van der Waals surface area contributed by atoms with Gasteiger partial charge in [0.15, 0.2) is 11.6 Å². The molecule has 0 amide bonds. The smallest absolute Gasteiger partial charge is 0.194 e. The summed E-state index contributed by atoms with van der Waals surface area (Å²) in [5.41, 5.74) is 2.73. The molecular weight excluding hydrogens is 318 g/mol. The number of aliphatic hydroxyl groups is 1. The van der Waals surface area contributed by atoms with Gasteiger partial charge in [-0.05, 0) is 32.0 Å². The lowest BCUT2D eigenvalue weighted by atomic mass is 10.2. The van der Waals surface area contributed by atoms with Crippen molar-refractivity contribution in [3.63, 3.8) is 0 Å². The second kappa shape index (κ2) is 5.82. The minimum absolute atomic E-state index is 0.618. The lowest BCUT2D eigenvalue weighted by molar-refractivity contribution is 0.186. The van der Waals surface area contributed by atoms with E-state index < -0.39 is 6.10 Å². The first-order chi connectivity index (χ1) is 12.1. The highest BCUT2D eigenvalue weighted by Crippen LogP contribution is 2.25. The Labute approximate surface area is 144 Å². The summed E-state index contributed by atoms with van der Waals surface area (Å²) in [7, 11) is 1.91. The summed E-state index contributed by atoms with van der Waals surface area (Å²) in [5.74, 6) is 2.09. The molecule has 3 heterocycles. The highest BCUT2D eigenvalue weighted by atomic mass is 16.3. The molecule has 1 atom stereocenters. The van der Waals surface area contributed by atoms with Crippen LogP contribution >= 0.6 is 0 Å². The quantitative estimate of drug-likeness (QED) is 0.616. The monoisotopic (exact) mass is 337 g/mol. The molecule has 8 nitrogen and oxygen atoms in total. The molecule has 0 saturated heterocycles. The van der Waals surface area contributed by atoms with Gasteiger partial charge in [-0.2, -0.15) is 5.10 Å². The Morgan fingerprint density at radius 2 is 2.04 bits per heavy atom. The fraction of sp³-hybridized carbons (Fsp3) is 0.294. The van der Waals surface area contributed by atoms with Gasteiger partial charge in [0.2, 0.25) is 0 Å². The topological polar surface area (TPSA) is 86.6 Å². The molecule has 0 aliphatic carbocycles. The van der Waals surface area contributed by atoms with Crippen molar-refractivity contribution >= 4 is 11.0 Å². The molecule has 4 aromatic rings. The van der Waals surface area contributed by atoms with E-state index in [-0.39, 0.29) is 0 Å². The van der Waals surface area contributed by atoms with E-state index in [1.165, 1.54) is 6.33 Å². The van der Waals surface area contributed by atoms with Gasteiger partial charge in [-0.25, -0.2) is 19.6 Å². The molecule has 0 radical (unpaired) electrons. The molecule has 0 aliphatic heterocycles. The zero-order chi connectivity index (χ0) is 17.6. The fourth-order valence-electron chi connectivity index (χ4n) is 3.08. The van der Waals surface area contributed by atoms with Crippen LogP contribution in [0.15, 0.2) is 36.9 Å². The van der Waals surface area contributed by atoms with Crippen LogP contribution in [0.3, 0.4) is 0 Å². The van der Waals surface area contributed by atoms with Gasteiger partial charge in [-0.3, -0.25) is 4.57 Å². The van der Waals surface area contributed by atoms with Crippen LogP contribution in [-0.2, 0) is 13.6 Å². The molecule has 8 heteroatoms. The van der Waals surface area contributed by atoms with E-state index in [0.717, 1.165) is 34.9 Å². The minimum Gasteiger partial charge on any atom is -0.385 e. The van der Waals surface area contributed by atoms with Crippen molar-refractivity contribution in [1.29, 1.82) is 0 Å². The number of hydrogen-bond acceptors (Lipinski definition) is 5. The van der Waals surface area contributed by atoms with Crippen LogP contribution in [0.2, 0.25) is 0 Å². The van der Waals surface area contributed by atoms with Gasteiger partial charge >= 0.3 is 0 Å². The summed E-state index contributed by atoms with van der Waals surface area (Å²) >= 11 is 0. The van der Waals surface area contributed by atoms with E-state index in [2.05, 4.69) is 20.1 Å². The first kappa shape index (κ1) is 15.5. The number of hydrogen-bond donors (Lipinski definition) is 1. The Kier molecular flexibility index (Phi) is 3.61. The number of nitrogens with zero attached hydrogens (tertiary/aromatic N) is 7. The number of benzene rings is 1. The van der Waals surface area contributed by atoms with Gasteiger partial charge in [-0.1, -0.05) is 0 Å². The van der Waals surface area contributed by atoms with Crippen LogP contribution in [0, 0.1) is 0 Å². The molecule has 0 bridgehead atoms. The normalized spacial score (nSPS) is 12.8. The van der Waals surface area contributed by atoms with E-state index in [1.54, 1.807) is 13.1 Å². The van der Waals surface area contributed by atoms with Gasteiger partial charge in [0.1, 0.15) is 18.3 Å². The molecule has 4 rings (SSSR count). The number of aliphatic hydroxyl groups excluding tert-OH is 1. The van der Waals surface area contributed by atoms with Gasteiger partial charge in [0, 0.05) is 31.7 Å². The van der Waals surface area contributed by atoms with Crippen LogP contribution in [0.4, 0.5) is 0 Å². The van der Waals surface area contributed by atoms with Crippen molar-refractivity contribution in [1.82, 2.24) is 33.9 Å². The van der Waals surface area contributed by atoms with Gasteiger partial charge in [0.25, 0.3) is 0 Å². The van der Waals surface area contributed by atoms with Crippen molar-refractivity contribution < 1.29 is 5.11 Å². The Bertz CT molecular complexity index is 1040. The maximum absolute atomic E-state index is 9.87. The second-order valence-electron chi connectivity index (χ2n) is 5.90. The predicted molar refractivity (Wildman–Crippen MR) is 93.2 cm³/mol. The van der Waals surface area contributed by atoms with E-state index in [9.17, 15) is 5.11 Å². The molecular formula is C17H19N7O. The Balaban J connectivity index is 1.85. The molecule has 25 heavy (non-hydrogen) atoms. The third-order valence-electron chi connectivity index (χ3n) is 4.31. The highest BCUT2D eigenvalue weighted by molar-refractivity contribution is 5.79. The average molecular weight is 337 g/mol. The summed E-state index contributed by atoms with van der Waals surface area (Å²) < 4.78 is 5.68. The first-order valence-corrected chi connectivity index (χ1v) is 8.16. The Morgan fingerprint density at radius 3 is 2.80 bits per heavy atom. The Morgan fingerprint density at radius 1 is 1.20 bits per heavy atom. The summed E-state index contributed by atoms with van der Waals surface area (Å²) in [4.78, 5) is 13.3. The molecule has 0 aliphatic rings. The molecule has 1 unspecified atom stereocenters. The van der Waals surface area contributed by atoms with Crippen molar-refractivity contribution in [2.24, 2.45) is 7.05 Å². The van der Waals surface area contributed by atoms with Crippen molar-refractivity contribution in [3.8, 4) is 17.3 Å². The standard InChI is InChI=1S/C17H19N7O/c1-4-24-17(19-10-20-24)16-18-7-8-23(16)12-5-6-14-13(9-12)21-15(11(2)25)22(14)3/h5-11,25H,4H2,1-3H3. The molecule has 1 aromatic carbocycles. The molecule has 3 aromatic heterocycles. The average Bonchev–Trinajstić information content (AvgIpc) is 3.31. The van der Waals surface area contributed by atoms with Crippen molar-refractivity contribution in [3.05, 3.63) is 42.7 Å². The van der Waals surface area contributed by atoms with E-state index >= 15 is 0 Å². The van der Waals surface area contributed by atoms with Crippen LogP contribution in [0.5, 0.6) is 0 Å². The van der Waals surface area contributed by atoms with Crippen LogP contribution in [-0.4, -0.2) is 39.0 Å². The lowest BCUT2D eigenvalue weighted by Crippen LogP contribution is -2.04. The van der Waals surface area contributed by atoms with Crippen LogP contribution < -0.4 is 0 Å². The summed E-state index contributed by atoms with van der Waals surface area (Å²) in [5, 5.41) is 14.1. The third kappa shape index (κ3) is 2.42. The maximum Gasteiger partial charge on any atom is 0.194 e. The van der Waals surface area contributed by atoms with E-state index in [1.807, 2.05) is 52.2 Å². The van der Waals surface area contributed by atoms with Gasteiger partial charge < -0.3 is 9.67 Å². The molecule has 0 fully saturated rings. The summed E-state index contributed by atoms with van der Waals surface area (Å²) in [6, 6.07) is 5.99.